The van der Waals surface area contributed by atoms with Crippen LogP contribution in [0.25, 0.3) is 0 Å². The Balaban J connectivity index is 1.87. The molecule has 0 aromatic heterocycles. The van der Waals surface area contributed by atoms with Gasteiger partial charge in [-0.05, 0) is 5.56 Å². The van der Waals surface area contributed by atoms with Gasteiger partial charge >= 0.3 is 0 Å². The molecular weight excluding hydrogens is 224 g/mol. The van der Waals surface area contributed by atoms with Crippen molar-refractivity contribution in [2.45, 2.75) is 17.8 Å². The van der Waals surface area contributed by atoms with Crippen LogP contribution < -0.4 is 10.6 Å². The monoisotopic (exact) mass is 236 g/mol. The van der Waals surface area contributed by atoms with E-state index < -0.39 is 6.04 Å². The van der Waals surface area contributed by atoms with Crippen molar-refractivity contribution in [3.05, 3.63) is 35.9 Å². The normalized spacial score (nSPS) is 23.2. The maximum Gasteiger partial charge on any atom is 0.246 e. The lowest BCUT2D eigenvalue weighted by Gasteiger charge is -2.33. The van der Waals surface area contributed by atoms with Crippen molar-refractivity contribution in [3.63, 3.8) is 0 Å². The molecule has 4 nitrogen and oxygen atoms in total. The van der Waals surface area contributed by atoms with Gasteiger partial charge in [0.1, 0.15) is 11.4 Å². The standard InChI is InChI=1S/C11H12N2O2S/c14-8(6-7-4-2-1-3-5-7)12-9-10(15)13-11(9)16/h1-5,9,11,16H,6H2,(H,12,14)(H,13,15)/t9-,11-/m1/s1. The Morgan fingerprint density at radius 1 is 1.38 bits per heavy atom. The van der Waals surface area contributed by atoms with Crippen LogP contribution in [0.2, 0.25) is 0 Å². The van der Waals surface area contributed by atoms with Crippen LogP contribution in [0, 0.1) is 0 Å². The second kappa shape index (κ2) is 4.57. The van der Waals surface area contributed by atoms with Crippen molar-refractivity contribution >= 4 is 24.4 Å². The quantitative estimate of drug-likeness (QED) is 0.515. The zero-order valence-electron chi connectivity index (χ0n) is 8.51. The van der Waals surface area contributed by atoms with E-state index in [2.05, 4.69) is 23.3 Å². The number of hydrogen-bond acceptors (Lipinski definition) is 3. The van der Waals surface area contributed by atoms with Crippen LogP contribution in [0.15, 0.2) is 30.3 Å². The number of hydrogen-bond donors (Lipinski definition) is 3. The highest BCUT2D eigenvalue weighted by Gasteiger charge is 2.37. The summed E-state index contributed by atoms with van der Waals surface area (Å²) in [6, 6.07) is 8.89. The number of carbonyl (C=O) groups is 2. The minimum Gasteiger partial charge on any atom is -0.341 e. The third-order valence-electron chi connectivity index (χ3n) is 2.41. The van der Waals surface area contributed by atoms with Crippen molar-refractivity contribution in [2.24, 2.45) is 0 Å². The molecule has 0 saturated carbocycles. The Morgan fingerprint density at radius 2 is 2.06 bits per heavy atom. The molecule has 0 radical (unpaired) electrons. The van der Waals surface area contributed by atoms with Crippen molar-refractivity contribution in [1.29, 1.82) is 0 Å². The Morgan fingerprint density at radius 3 is 2.62 bits per heavy atom. The highest BCUT2D eigenvalue weighted by molar-refractivity contribution is 7.81. The van der Waals surface area contributed by atoms with E-state index in [9.17, 15) is 9.59 Å². The van der Waals surface area contributed by atoms with Crippen molar-refractivity contribution < 1.29 is 9.59 Å². The topological polar surface area (TPSA) is 58.2 Å². The number of rotatable bonds is 3. The van der Waals surface area contributed by atoms with E-state index in [0.717, 1.165) is 5.56 Å². The molecule has 0 bridgehead atoms. The van der Waals surface area contributed by atoms with Gasteiger partial charge in [-0.15, -0.1) is 0 Å². The molecule has 1 aromatic rings. The van der Waals surface area contributed by atoms with Gasteiger partial charge in [0, 0.05) is 0 Å². The van der Waals surface area contributed by atoms with Crippen LogP contribution in [0.4, 0.5) is 0 Å². The van der Waals surface area contributed by atoms with Gasteiger partial charge < -0.3 is 10.6 Å². The van der Waals surface area contributed by atoms with Gasteiger partial charge in [-0.3, -0.25) is 9.59 Å². The summed E-state index contributed by atoms with van der Waals surface area (Å²) in [4.78, 5) is 22.6. The highest BCUT2D eigenvalue weighted by Crippen LogP contribution is 2.10. The lowest BCUT2D eigenvalue weighted by Crippen LogP contribution is -2.67. The van der Waals surface area contributed by atoms with E-state index in [0.29, 0.717) is 0 Å². The van der Waals surface area contributed by atoms with Gasteiger partial charge in [-0.25, -0.2) is 0 Å². The Hall–Kier alpha value is -1.49. The average molecular weight is 236 g/mol. The number of nitrogens with one attached hydrogen (secondary N) is 2. The molecule has 0 aliphatic carbocycles. The lowest BCUT2D eigenvalue weighted by molar-refractivity contribution is -0.133. The third-order valence-corrected chi connectivity index (χ3v) is 2.84. The number of benzene rings is 1. The molecule has 84 valence electrons. The van der Waals surface area contributed by atoms with Crippen molar-refractivity contribution in [1.82, 2.24) is 10.6 Å². The molecule has 2 amide bonds. The fourth-order valence-corrected chi connectivity index (χ4v) is 1.85. The summed E-state index contributed by atoms with van der Waals surface area (Å²) >= 11 is 4.09. The highest BCUT2D eigenvalue weighted by atomic mass is 32.1. The molecule has 1 fully saturated rings. The first kappa shape index (κ1) is 11.0. The first-order valence-corrected chi connectivity index (χ1v) is 5.50. The molecule has 5 heteroatoms. The molecule has 2 atom stereocenters. The van der Waals surface area contributed by atoms with Gasteiger partial charge in [0.25, 0.3) is 0 Å². The maximum absolute atomic E-state index is 11.6. The Bertz CT molecular complexity index is 408. The predicted molar refractivity (Wildman–Crippen MR) is 63.0 cm³/mol. The number of β-lactam (4-membered cyclic amide) rings is 1. The van der Waals surface area contributed by atoms with Crippen LogP contribution in [-0.4, -0.2) is 23.2 Å². The van der Waals surface area contributed by atoms with Gasteiger partial charge in [0.15, 0.2) is 0 Å². The predicted octanol–water partition coefficient (Wildman–Crippen LogP) is 0.0996. The molecule has 1 aromatic carbocycles. The van der Waals surface area contributed by atoms with Gasteiger partial charge in [-0.2, -0.15) is 12.6 Å². The summed E-state index contributed by atoms with van der Waals surface area (Å²) in [5, 5.41) is 4.90. The van der Waals surface area contributed by atoms with E-state index >= 15 is 0 Å². The molecule has 1 aliphatic heterocycles. The van der Waals surface area contributed by atoms with Gasteiger partial charge in [0.2, 0.25) is 11.8 Å². The maximum atomic E-state index is 11.6. The van der Waals surface area contributed by atoms with E-state index in [1.807, 2.05) is 30.3 Å². The SMILES string of the molecule is O=C(Cc1ccccc1)N[C@@H]1C(=O)N[C@@H]1S. The molecule has 2 N–H and O–H groups in total. The molecule has 0 spiro atoms. The summed E-state index contributed by atoms with van der Waals surface area (Å²) in [5.74, 6) is -0.341. The van der Waals surface area contributed by atoms with Gasteiger partial charge in [0.05, 0.1) is 6.42 Å². The summed E-state index contributed by atoms with van der Waals surface area (Å²) in [7, 11) is 0. The largest absolute Gasteiger partial charge is 0.341 e. The molecule has 2 rings (SSSR count). The average Bonchev–Trinajstić information content (AvgIpc) is 2.28. The number of carbonyl (C=O) groups excluding carboxylic acids is 2. The van der Waals surface area contributed by atoms with Gasteiger partial charge in [-0.1, -0.05) is 30.3 Å². The van der Waals surface area contributed by atoms with E-state index in [1.54, 1.807) is 0 Å². The van der Waals surface area contributed by atoms with E-state index in [-0.39, 0.29) is 23.6 Å². The first-order chi connectivity index (χ1) is 7.66. The summed E-state index contributed by atoms with van der Waals surface area (Å²) in [6.07, 6.45) is 0.283. The molecular formula is C11H12N2O2S. The second-order valence-corrected chi connectivity index (χ2v) is 4.22. The number of thiol groups is 1. The molecule has 16 heavy (non-hydrogen) atoms. The van der Waals surface area contributed by atoms with Crippen molar-refractivity contribution in [3.8, 4) is 0 Å². The van der Waals surface area contributed by atoms with Crippen LogP contribution >= 0.6 is 12.6 Å². The lowest BCUT2D eigenvalue weighted by atomic mass is 10.1. The molecule has 0 unspecified atom stereocenters. The Labute approximate surface area is 98.8 Å². The zero-order valence-corrected chi connectivity index (χ0v) is 9.41. The smallest absolute Gasteiger partial charge is 0.246 e. The summed E-state index contributed by atoms with van der Waals surface area (Å²) < 4.78 is 0. The number of amides is 2. The van der Waals surface area contributed by atoms with E-state index in [1.165, 1.54) is 0 Å². The zero-order chi connectivity index (χ0) is 11.5. The van der Waals surface area contributed by atoms with Crippen LogP contribution in [0.1, 0.15) is 5.56 Å². The van der Waals surface area contributed by atoms with Crippen LogP contribution in [0.5, 0.6) is 0 Å². The van der Waals surface area contributed by atoms with Crippen LogP contribution in [0.3, 0.4) is 0 Å². The minimum atomic E-state index is -0.500. The Kier molecular flexibility index (Phi) is 3.14. The third kappa shape index (κ3) is 2.36. The fraction of sp³-hybridized carbons (Fsp3) is 0.273. The second-order valence-electron chi connectivity index (χ2n) is 3.66. The molecule has 1 heterocycles. The first-order valence-electron chi connectivity index (χ1n) is 4.98. The van der Waals surface area contributed by atoms with Crippen LogP contribution in [-0.2, 0) is 16.0 Å². The molecule has 1 aliphatic rings. The summed E-state index contributed by atoms with van der Waals surface area (Å²) in [5.41, 5.74) is 0.926. The summed E-state index contributed by atoms with van der Waals surface area (Å²) in [6.45, 7) is 0. The minimum absolute atomic E-state index is 0.162. The van der Waals surface area contributed by atoms with Crippen molar-refractivity contribution in [2.75, 3.05) is 0 Å². The molecule has 1 saturated heterocycles. The van der Waals surface area contributed by atoms with E-state index in [4.69, 9.17) is 0 Å². The fourth-order valence-electron chi connectivity index (χ4n) is 1.52.